The minimum Gasteiger partial charge on any atom is -0.480 e. The molecule has 1 heterocycles. The van der Waals surface area contributed by atoms with E-state index in [1.807, 2.05) is 18.2 Å². The number of carbonyl (C=O) groups is 3. The van der Waals surface area contributed by atoms with Crippen LogP contribution in [0.5, 0.6) is 0 Å². The van der Waals surface area contributed by atoms with E-state index in [9.17, 15) is 19.5 Å². The van der Waals surface area contributed by atoms with Crippen LogP contribution in [0.3, 0.4) is 0 Å². The number of carboxylic acids is 1. The second-order valence-electron chi connectivity index (χ2n) is 7.09. The molecule has 27 heavy (non-hydrogen) atoms. The Kier molecular flexibility index (Phi) is 7.64. The van der Waals surface area contributed by atoms with Crippen molar-refractivity contribution in [1.82, 2.24) is 15.1 Å². The first-order chi connectivity index (χ1) is 12.9. The van der Waals surface area contributed by atoms with Crippen LogP contribution in [0.1, 0.15) is 32.3 Å². The highest BCUT2D eigenvalue weighted by atomic mass is 16.4. The highest BCUT2D eigenvalue weighted by molar-refractivity contribution is 5.82. The Hall–Kier alpha value is -2.57. The van der Waals surface area contributed by atoms with E-state index in [-0.39, 0.29) is 25.0 Å². The molecular weight excluding hydrogens is 346 g/mol. The summed E-state index contributed by atoms with van der Waals surface area (Å²) in [6.45, 7) is 4.55. The van der Waals surface area contributed by atoms with Crippen LogP contribution in [0.4, 0.5) is 4.79 Å². The van der Waals surface area contributed by atoms with Crippen molar-refractivity contribution < 1.29 is 19.5 Å². The third-order valence-electron chi connectivity index (χ3n) is 5.05. The van der Waals surface area contributed by atoms with Gasteiger partial charge in [-0.15, -0.1) is 0 Å². The van der Waals surface area contributed by atoms with Gasteiger partial charge in [0.05, 0.1) is 0 Å². The first-order valence-electron chi connectivity index (χ1n) is 9.45. The van der Waals surface area contributed by atoms with Crippen LogP contribution in [0.15, 0.2) is 30.3 Å². The Morgan fingerprint density at radius 2 is 1.85 bits per heavy atom. The van der Waals surface area contributed by atoms with Crippen molar-refractivity contribution in [2.45, 2.75) is 39.2 Å². The van der Waals surface area contributed by atoms with Gasteiger partial charge in [-0.1, -0.05) is 30.3 Å². The van der Waals surface area contributed by atoms with E-state index >= 15 is 0 Å². The molecule has 3 amide bonds. The lowest BCUT2D eigenvalue weighted by Gasteiger charge is -2.37. The summed E-state index contributed by atoms with van der Waals surface area (Å²) >= 11 is 0. The van der Waals surface area contributed by atoms with E-state index < -0.39 is 12.0 Å². The molecule has 2 N–H and O–H groups in total. The van der Waals surface area contributed by atoms with Crippen LogP contribution in [0.25, 0.3) is 0 Å². The second kappa shape index (κ2) is 9.94. The number of rotatable bonds is 7. The molecule has 7 heteroatoms. The third kappa shape index (κ3) is 6.27. The van der Waals surface area contributed by atoms with Crippen LogP contribution in [-0.4, -0.2) is 65.0 Å². The van der Waals surface area contributed by atoms with E-state index in [0.29, 0.717) is 19.0 Å². The summed E-state index contributed by atoms with van der Waals surface area (Å²) in [5.41, 5.74) is 1.30. The second-order valence-corrected chi connectivity index (χ2v) is 7.09. The number of piperidine rings is 1. The van der Waals surface area contributed by atoms with E-state index in [2.05, 4.69) is 17.4 Å². The molecular formula is C20H29N3O4. The van der Waals surface area contributed by atoms with Gasteiger partial charge in [-0.05, 0) is 37.7 Å². The number of aliphatic carboxylic acids is 1. The molecule has 1 aliphatic heterocycles. The van der Waals surface area contributed by atoms with Gasteiger partial charge in [-0.2, -0.15) is 0 Å². The van der Waals surface area contributed by atoms with Crippen LogP contribution in [0, 0.1) is 5.92 Å². The van der Waals surface area contributed by atoms with Gasteiger partial charge in [0.15, 0.2) is 0 Å². The molecule has 1 aromatic carbocycles. The Bertz CT molecular complexity index is 642. The zero-order valence-electron chi connectivity index (χ0n) is 16.1. The number of hydrogen-bond donors (Lipinski definition) is 2. The van der Waals surface area contributed by atoms with Gasteiger partial charge in [-0.3, -0.25) is 4.79 Å². The number of carbonyl (C=O) groups excluding carboxylic acids is 2. The average molecular weight is 375 g/mol. The monoisotopic (exact) mass is 375 g/mol. The first-order valence-corrected chi connectivity index (χ1v) is 9.45. The fourth-order valence-electron chi connectivity index (χ4n) is 3.40. The summed E-state index contributed by atoms with van der Waals surface area (Å²) in [6, 6.07) is 9.11. The fraction of sp³-hybridized carbons (Fsp3) is 0.550. The number of nitrogens with zero attached hydrogens (tertiary/aromatic N) is 2. The predicted molar refractivity (Wildman–Crippen MR) is 102 cm³/mol. The Balaban J connectivity index is 1.91. The third-order valence-corrected chi connectivity index (χ3v) is 5.05. The molecule has 1 aliphatic rings. The molecule has 0 aliphatic carbocycles. The predicted octanol–water partition coefficient (Wildman–Crippen LogP) is 1.97. The Morgan fingerprint density at radius 3 is 2.41 bits per heavy atom. The van der Waals surface area contributed by atoms with Crippen LogP contribution >= 0.6 is 0 Å². The van der Waals surface area contributed by atoms with Crippen molar-refractivity contribution in [3.63, 3.8) is 0 Å². The molecule has 0 bridgehead atoms. The molecule has 2 rings (SSSR count). The molecule has 1 fully saturated rings. The zero-order valence-corrected chi connectivity index (χ0v) is 16.1. The highest BCUT2D eigenvalue weighted by Crippen LogP contribution is 2.22. The molecule has 1 aromatic rings. The number of hydrogen-bond acceptors (Lipinski definition) is 3. The van der Waals surface area contributed by atoms with Gasteiger partial charge >= 0.3 is 12.0 Å². The quantitative estimate of drug-likeness (QED) is 0.762. The summed E-state index contributed by atoms with van der Waals surface area (Å²) in [7, 11) is 0. The summed E-state index contributed by atoms with van der Waals surface area (Å²) < 4.78 is 0. The standard InChI is InChI=1S/C20H29N3O4/c1-15(19(25)26)23(13-10-21-16(2)24)20(27)22-11-8-18(9-12-22)14-17-6-4-3-5-7-17/h3-7,15,18H,8-14H2,1-2H3,(H,21,24)(H,25,26). The Morgan fingerprint density at radius 1 is 1.22 bits per heavy atom. The van der Waals surface area contributed by atoms with Gasteiger partial charge in [0, 0.05) is 33.1 Å². The maximum atomic E-state index is 12.9. The van der Waals surface area contributed by atoms with Gasteiger partial charge in [-0.25, -0.2) is 9.59 Å². The van der Waals surface area contributed by atoms with Crippen molar-refractivity contribution >= 4 is 17.9 Å². The molecule has 1 unspecified atom stereocenters. The largest absolute Gasteiger partial charge is 0.480 e. The molecule has 0 aromatic heterocycles. The normalized spacial score (nSPS) is 15.9. The summed E-state index contributed by atoms with van der Waals surface area (Å²) in [5.74, 6) is -0.724. The molecule has 7 nitrogen and oxygen atoms in total. The maximum absolute atomic E-state index is 12.9. The van der Waals surface area contributed by atoms with Crippen molar-refractivity contribution in [3.05, 3.63) is 35.9 Å². The van der Waals surface area contributed by atoms with Gasteiger partial charge in [0.1, 0.15) is 6.04 Å². The van der Waals surface area contributed by atoms with Crippen molar-refractivity contribution in [3.8, 4) is 0 Å². The lowest BCUT2D eigenvalue weighted by atomic mass is 9.90. The average Bonchev–Trinajstić information content (AvgIpc) is 2.65. The number of benzene rings is 1. The topological polar surface area (TPSA) is 90.0 Å². The fourth-order valence-corrected chi connectivity index (χ4v) is 3.40. The number of carboxylic acid groups (broad SMARTS) is 1. The van der Waals surface area contributed by atoms with Gasteiger partial charge in [0.2, 0.25) is 5.91 Å². The van der Waals surface area contributed by atoms with E-state index in [4.69, 9.17) is 0 Å². The molecule has 148 valence electrons. The summed E-state index contributed by atoms with van der Waals surface area (Å²) in [6.07, 6.45) is 2.81. The van der Waals surface area contributed by atoms with Crippen LogP contribution in [0.2, 0.25) is 0 Å². The van der Waals surface area contributed by atoms with Crippen molar-refractivity contribution in [2.75, 3.05) is 26.2 Å². The highest BCUT2D eigenvalue weighted by Gasteiger charge is 2.31. The zero-order chi connectivity index (χ0) is 19.8. The minimum absolute atomic E-state index is 0.176. The van der Waals surface area contributed by atoms with Gasteiger partial charge < -0.3 is 20.2 Å². The molecule has 0 spiro atoms. The smallest absolute Gasteiger partial charge is 0.326 e. The number of likely N-dealkylation sites (tertiary alicyclic amines) is 1. The first kappa shape index (κ1) is 20.7. The van der Waals surface area contributed by atoms with Crippen LogP contribution in [-0.2, 0) is 16.0 Å². The molecule has 0 saturated carbocycles. The van der Waals surface area contributed by atoms with Crippen LogP contribution < -0.4 is 5.32 Å². The van der Waals surface area contributed by atoms with E-state index in [1.54, 1.807) is 4.90 Å². The molecule has 1 atom stereocenters. The number of amides is 3. The minimum atomic E-state index is -1.05. The van der Waals surface area contributed by atoms with Gasteiger partial charge in [0.25, 0.3) is 0 Å². The number of urea groups is 1. The lowest BCUT2D eigenvalue weighted by Crippen LogP contribution is -2.53. The maximum Gasteiger partial charge on any atom is 0.326 e. The van der Waals surface area contributed by atoms with Crippen molar-refractivity contribution in [1.29, 1.82) is 0 Å². The Labute approximate surface area is 160 Å². The summed E-state index contributed by atoms with van der Waals surface area (Å²) in [5, 5.41) is 11.9. The molecule has 0 radical (unpaired) electrons. The van der Waals surface area contributed by atoms with E-state index in [1.165, 1.54) is 24.3 Å². The van der Waals surface area contributed by atoms with E-state index in [0.717, 1.165) is 19.3 Å². The SMILES string of the molecule is CC(=O)NCCN(C(=O)N1CCC(Cc2ccccc2)CC1)C(C)C(=O)O. The van der Waals surface area contributed by atoms with Crippen molar-refractivity contribution in [2.24, 2.45) is 5.92 Å². The number of nitrogens with one attached hydrogen (secondary N) is 1. The lowest BCUT2D eigenvalue weighted by molar-refractivity contribution is -0.141. The molecule has 1 saturated heterocycles. The summed E-state index contributed by atoms with van der Waals surface area (Å²) in [4.78, 5) is 38.3.